The van der Waals surface area contributed by atoms with Gasteiger partial charge in [0.2, 0.25) is 0 Å². The van der Waals surface area contributed by atoms with Crippen molar-refractivity contribution in [2.24, 2.45) is 0 Å². The molecule has 1 atom stereocenters. The molecular weight excluding hydrogens is 337 g/mol. The van der Waals surface area contributed by atoms with Crippen LogP contribution in [0.5, 0.6) is 0 Å². The van der Waals surface area contributed by atoms with Crippen molar-refractivity contribution in [3.63, 3.8) is 0 Å². The molecule has 0 radical (unpaired) electrons. The van der Waals surface area contributed by atoms with E-state index in [1.54, 1.807) is 47.7 Å². The Kier molecular flexibility index (Phi) is 5.59. The Labute approximate surface area is 152 Å². The average Bonchev–Trinajstić information content (AvgIpc) is 2.79. The molecule has 1 aromatic carbocycles. The minimum absolute atomic E-state index is 0.239. The summed E-state index contributed by atoms with van der Waals surface area (Å²) in [4.78, 5) is 29.3. The number of rotatable bonds is 4. The van der Waals surface area contributed by atoms with Crippen LogP contribution in [0.1, 0.15) is 43.7 Å². The first-order valence-corrected chi connectivity index (χ1v) is 8.50. The molecular formula is C19H26FN3O3. The second kappa shape index (κ2) is 7.35. The van der Waals surface area contributed by atoms with Crippen LogP contribution in [0, 0.1) is 12.7 Å². The average molecular weight is 363 g/mol. The second-order valence-electron chi connectivity index (χ2n) is 7.55. The van der Waals surface area contributed by atoms with Crippen LogP contribution >= 0.6 is 0 Å². The number of aryl methyl sites for hydroxylation is 1. The molecule has 7 heteroatoms. The number of fused-ring (bicyclic) bond motifs is 1. The Morgan fingerprint density at radius 3 is 2.62 bits per heavy atom. The van der Waals surface area contributed by atoms with Crippen molar-refractivity contribution in [1.29, 1.82) is 0 Å². The second-order valence-corrected chi connectivity index (χ2v) is 7.55. The number of carbonyl (C=O) groups excluding carboxylic acids is 2. The summed E-state index contributed by atoms with van der Waals surface area (Å²) < 4.78 is 18.8. The van der Waals surface area contributed by atoms with E-state index in [9.17, 15) is 14.0 Å². The highest BCUT2D eigenvalue weighted by molar-refractivity contribution is 6.08. The van der Waals surface area contributed by atoms with Crippen molar-refractivity contribution in [3.8, 4) is 0 Å². The van der Waals surface area contributed by atoms with Gasteiger partial charge in [-0.3, -0.25) is 4.79 Å². The lowest BCUT2D eigenvalue weighted by Crippen LogP contribution is -2.44. The van der Waals surface area contributed by atoms with Crippen LogP contribution in [0.4, 0.5) is 9.18 Å². The topological polar surface area (TPSA) is 74.4 Å². The maximum absolute atomic E-state index is 13.6. The molecule has 6 nitrogen and oxygen atoms in total. The smallest absolute Gasteiger partial charge is 0.407 e. The monoisotopic (exact) mass is 363 g/mol. The Morgan fingerprint density at radius 2 is 2.00 bits per heavy atom. The Balaban J connectivity index is 2.09. The van der Waals surface area contributed by atoms with Gasteiger partial charge in [-0.1, -0.05) is 0 Å². The molecule has 0 aliphatic carbocycles. The van der Waals surface area contributed by atoms with Crippen molar-refractivity contribution in [1.82, 2.24) is 15.2 Å². The molecule has 2 rings (SSSR count). The number of benzene rings is 1. The van der Waals surface area contributed by atoms with Gasteiger partial charge in [0.05, 0.1) is 5.56 Å². The molecule has 1 aromatic heterocycles. The number of likely N-dealkylation sites (N-methyl/N-ethyl adjacent to an activating group) is 1. The number of H-pyrrole nitrogens is 1. The van der Waals surface area contributed by atoms with Gasteiger partial charge < -0.3 is 19.9 Å². The molecule has 1 unspecified atom stereocenters. The number of hydrogen-bond acceptors (Lipinski definition) is 3. The van der Waals surface area contributed by atoms with Crippen LogP contribution in [0.15, 0.2) is 18.2 Å². The molecule has 0 bridgehead atoms. The van der Waals surface area contributed by atoms with Gasteiger partial charge >= 0.3 is 6.09 Å². The van der Waals surface area contributed by atoms with Gasteiger partial charge in [0, 0.05) is 36.2 Å². The zero-order valence-corrected chi connectivity index (χ0v) is 16.1. The fourth-order valence-electron chi connectivity index (χ4n) is 2.81. The van der Waals surface area contributed by atoms with Gasteiger partial charge in [-0.05, 0) is 52.8 Å². The molecule has 0 saturated heterocycles. The summed E-state index contributed by atoms with van der Waals surface area (Å²) in [6, 6.07) is 4.01. The minimum atomic E-state index is -0.587. The van der Waals surface area contributed by atoms with Gasteiger partial charge in [-0.15, -0.1) is 0 Å². The van der Waals surface area contributed by atoms with E-state index in [4.69, 9.17) is 4.74 Å². The molecule has 0 aliphatic heterocycles. The number of hydrogen-bond donors (Lipinski definition) is 2. The van der Waals surface area contributed by atoms with Crippen LogP contribution in [-0.4, -0.2) is 47.1 Å². The van der Waals surface area contributed by atoms with E-state index in [0.717, 1.165) is 0 Å². The normalized spacial score (nSPS) is 12.7. The predicted molar refractivity (Wildman–Crippen MR) is 98.8 cm³/mol. The summed E-state index contributed by atoms with van der Waals surface area (Å²) in [5.41, 5.74) is 1.23. The van der Waals surface area contributed by atoms with Crippen molar-refractivity contribution in [2.75, 3.05) is 13.6 Å². The number of alkyl carbamates (subject to hydrolysis) is 1. The number of carbonyl (C=O) groups is 2. The lowest BCUT2D eigenvalue weighted by Gasteiger charge is -2.25. The quantitative estimate of drug-likeness (QED) is 0.872. The fraction of sp³-hybridized carbons (Fsp3) is 0.474. The number of ether oxygens (including phenoxy) is 1. The molecule has 0 spiro atoms. The number of nitrogens with zero attached hydrogens (tertiary/aromatic N) is 1. The van der Waals surface area contributed by atoms with E-state index in [1.165, 1.54) is 17.0 Å². The van der Waals surface area contributed by atoms with E-state index >= 15 is 0 Å². The first-order valence-electron chi connectivity index (χ1n) is 8.50. The van der Waals surface area contributed by atoms with Crippen molar-refractivity contribution in [2.45, 2.75) is 46.3 Å². The van der Waals surface area contributed by atoms with Crippen LogP contribution in [0.2, 0.25) is 0 Å². The van der Waals surface area contributed by atoms with Gasteiger partial charge in [0.1, 0.15) is 11.4 Å². The number of amides is 2. The zero-order valence-electron chi connectivity index (χ0n) is 16.1. The predicted octanol–water partition coefficient (Wildman–Crippen LogP) is 3.60. The summed E-state index contributed by atoms with van der Waals surface area (Å²) in [6.45, 7) is 9.21. The van der Waals surface area contributed by atoms with Crippen molar-refractivity contribution < 1.29 is 18.7 Å². The molecule has 26 heavy (non-hydrogen) atoms. The first-order chi connectivity index (χ1) is 12.0. The maximum Gasteiger partial charge on any atom is 0.407 e. The first kappa shape index (κ1) is 19.8. The third kappa shape index (κ3) is 4.74. The SMILES string of the molecule is Cc1[nH]c2ccc(F)cc2c1C(=O)N(C)CC(C)NC(=O)OC(C)(C)C. The van der Waals surface area contributed by atoms with E-state index < -0.39 is 17.5 Å². The van der Waals surface area contributed by atoms with Crippen molar-refractivity contribution >= 4 is 22.9 Å². The highest BCUT2D eigenvalue weighted by atomic mass is 19.1. The summed E-state index contributed by atoms with van der Waals surface area (Å²) in [5, 5.41) is 3.25. The third-order valence-electron chi connectivity index (χ3n) is 3.82. The van der Waals surface area contributed by atoms with Crippen LogP contribution in [0.3, 0.4) is 0 Å². The summed E-state index contributed by atoms with van der Waals surface area (Å²) in [5.74, 6) is -0.634. The van der Waals surface area contributed by atoms with Crippen LogP contribution < -0.4 is 5.32 Å². The molecule has 2 N–H and O–H groups in total. The third-order valence-corrected chi connectivity index (χ3v) is 3.82. The Bertz CT molecular complexity index is 823. The Hall–Kier alpha value is -2.57. The van der Waals surface area contributed by atoms with Crippen molar-refractivity contribution in [3.05, 3.63) is 35.3 Å². The van der Waals surface area contributed by atoms with Crippen LogP contribution in [0.25, 0.3) is 10.9 Å². The number of nitrogens with one attached hydrogen (secondary N) is 2. The molecule has 0 aliphatic rings. The molecule has 0 saturated carbocycles. The van der Waals surface area contributed by atoms with Gasteiger partial charge in [0.15, 0.2) is 0 Å². The molecule has 1 heterocycles. The van der Waals surface area contributed by atoms with E-state index in [2.05, 4.69) is 10.3 Å². The summed E-state index contributed by atoms with van der Waals surface area (Å²) in [6.07, 6.45) is -0.531. The molecule has 2 aromatic rings. The van der Waals surface area contributed by atoms with Gasteiger partial charge in [-0.25, -0.2) is 9.18 Å². The molecule has 0 fully saturated rings. The molecule has 2 amide bonds. The zero-order chi connectivity index (χ0) is 19.6. The fourth-order valence-corrected chi connectivity index (χ4v) is 2.81. The summed E-state index contributed by atoms with van der Waals surface area (Å²) >= 11 is 0. The largest absolute Gasteiger partial charge is 0.444 e. The summed E-state index contributed by atoms with van der Waals surface area (Å²) in [7, 11) is 1.65. The maximum atomic E-state index is 13.6. The van der Waals surface area contributed by atoms with Crippen LogP contribution in [-0.2, 0) is 4.74 Å². The number of aromatic amines is 1. The van der Waals surface area contributed by atoms with E-state index in [-0.39, 0.29) is 11.9 Å². The van der Waals surface area contributed by atoms with Gasteiger partial charge in [0.25, 0.3) is 5.91 Å². The number of halogens is 1. The lowest BCUT2D eigenvalue weighted by molar-refractivity contribution is 0.0491. The Morgan fingerprint density at radius 1 is 1.35 bits per heavy atom. The lowest BCUT2D eigenvalue weighted by atomic mass is 10.1. The molecule has 142 valence electrons. The number of aromatic nitrogens is 1. The minimum Gasteiger partial charge on any atom is -0.444 e. The van der Waals surface area contributed by atoms with E-state index in [0.29, 0.717) is 28.7 Å². The standard InChI is InChI=1S/C19H26FN3O3/c1-11(21-18(25)26-19(3,4)5)10-23(6)17(24)16-12(2)22-15-8-7-13(20)9-14(15)16/h7-9,11,22H,10H2,1-6H3,(H,21,25). The van der Waals surface area contributed by atoms with Gasteiger partial charge in [-0.2, -0.15) is 0 Å². The van der Waals surface area contributed by atoms with E-state index in [1.807, 2.05) is 0 Å². The highest BCUT2D eigenvalue weighted by Gasteiger charge is 2.23. The highest BCUT2D eigenvalue weighted by Crippen LogP contribution is 2.24.